The first-order chi connectivity index (χ1) is 7.69. The van der Waals surface area contributed by atoms with Gasteiger partial charge in [-0.25, -0.2) is 0 Å². The zero-order valence-electron chi connectivity index (χ0n) is 10.1. The lowest BCUT2D eigenvalue weighted by molar-refractivity contribution is 0.0989. The van der Waals surface area contributed by atoms with Crippen molar-refractivity contribution in [2.45, 2.75) is 20.3 Å². The summed E-state index contributed by atoms with van der Waals surface area (Å²) in [7, 11) is 0. The van der Waals surface area contributed by atoms with Crippen molar-refractivity contribution in [1.29, 1.82) is 0 Å². The molecule has 0 saturated carbocycles. The lowest BCUT2D eigenvalue weighted by Gasteiger charge is -2.08. The number of rotatable bonds is 6. The molecule has 16 heavy (non-hydrogen) atoms. The Morgan fingerprint density at radius 2 is 2.19 bits per heavy atom. The van der Waals surface area contributed by atoms with Crippen LogP contribution in [0, 0.1) is 6.92 Å². The Kier molecular flexibility index (Phi) is 5.39. The number of hydrogen-bond donors (Lipinski definition) is 0. The van der Waals surface area contributed by atoms with Crippen molar-refractivity contribution >= 4 is 17.5 Å². The zero-order valence-corrected chi connectivity index (χ0v) is 10.9. The molecule has 1 aromatic carbocycles. The molecule has 0 bridgehead atoms. The van der Waals surface area contributed by atoms with Crippen LogP contribution < -0.4 is 4.74 Å². The smallest absolute Gasteiger partial charge is 0.163 e. The van der Waals surface area contributed by atoms with E-state index < -0.39 is 0 Å². The van der Waals surface area contributed by atoms with Crippen molar-refractivity contribution in [3.8, 4) is 5.75 Å². The molecule has 0 heterocycles. The molecule has 0 unspecified atom stereocenters. The Hall–Kier alpha value is -0.960. The van der Waals surface area contributed by atoms with Gasteiger partial charge in [-0.3, -0.25) is 4.79 Å². The molecule has 0 radical (unpaired) electrons. The van der Waals surface area contributed by atoms with Gasteiger partial charge in [0.2, 0.25) is 0 Å². The largest absolute Gasteiger partial charge is 0.494 e. The van der Waals surface area contributed by atoms with Crippen LogP contribution in [0.25, 0.3) is 0 Å². The van der Waals surface area contributed by atoms with Gasteiger partial charge in [-0.15, -0.1) is 0 Å². The topological polar surface area (TPSA) is 26.3 Å². The van der Waals surface area contributed by atoms with E-state index in [0.717, 1.165) is 22.6 Å². The van der Waals surface area contributed by atoms with Gasteiger partial charge in [0.1, 0.15) is 5.75 Å². The Morgan fingerprint density at radius 3 is 2.75 bits per heavy atom. The maximum absolute atomic E-state index is 11.8. The maximum atomic E-state index is 11.8. The van der Waals surface area contributed by atoms with Crippen LogP contribution in [-0.2, 0) is 0 Å². The zero-order chi connectivity index (χ0) is 12.0. The average Bonchev–Trinajstić information content (AvgIpc) is 2.29. The molecule has 0 spiro atoms. The number of ketones is 1. The standard InChI is InChI=1S/C13H18O2S/c1-4-15-13-6-5-11(9-10(13)2)12(14)7-8-16-3/h5-6,9H,4,7-8H2,1-3H3. The number of thioether (sulfide) groups is 1. The van der Waals surface area contributed by atoms with Crippen LogP contribution in [0.4, 0.5) is 0 Å². The van der Waals surface area contributed by atoms with Crippen LogP contribution in [-0.4, -0.2) is 24.4 Å². The summed E-state index contributed by atoms with van der Waals surface area (Å²) >= 11 is 1.69. The predicted octanol–water partition coefficient (Wildman–Crippen LogP) is 3.33. The van der Waals surface area contributed by atoms with Crippen LogP contribution in [0.1, 0.15) is 29.3 Å². The molecule has 88 valence electrons. The molecule has 0 N–H and O–H groups in total. The van der Waals surface area contributed by atoms with Crippen molar-refractivity contribution in [2.24, 2.45) is 0 Å². The molecular weight excluding hydrogens is 220 g/mol. The molecule has 0 aliphatic heterocycles. The third kappa shape index (κ3) is 3.56. The number of carbonyl (C=O) groups is 1. The Bertz CT molecular complexity index is 361. The highest BCUT2D eigenvalue weighted by Gasteiger charge is 2.07. The lowest BCUT2D eigenvalue weighted by Crippen LogP contribution is -2.02. The van der Waals surface area contributed by atoms with Crippen LogP contribution in [0.5, 0.6) is 5.75 Å². The summed E-state index contributed by atoms with van der Waals surface area (Å²) in [5.41, 5.74) is 1.81. The lowest BCUT2D eigenvalue weighted by atomic mass is 10.1. The second-order valence-corrected chi connectivity index (χ2v) is 4.56. The highest BCUT2D eigenvalue weighted by molar-refractivity contribution is 7.98. The summed E-state index contributed by atoms with van der Waals surface area (Å²) < 4.78 is 5.44. The molecule has 1 rings (SSSR count). The van der Waals surface area contributed by atoms with E-state index in [1.807, 2.05) is 38.3 Å². The molecule has 1 aromatic rings. The number of Topliss-reactive ketones (excluding diaryl/α,β-unsaturated/α-hetero) is 1. The Labute approximate surface area is 101 Å². The van der Waals surface area contributed by atoms with E-state index in [1.54, 1.807) is 11.8 Å². The molecule has 0 atom stereocenters. The number of benzene rings is 1. The van der Waals surface area contributed by atoms with Crippen LogP contribution in [0.3, 0.4) is 0 Å². The summed E-state index contributed by atoms with van der Waals surface area (Å²) in [6, 6.07) is 5.64. The Balaban J connectivity index is 2.76. The Morgan fingerprint density at radius 1 is 1.44 bits per heavy atom. The van der Waals surface area contributed by atoms with Crippen molar-refractivity contribution in [1.82, 2.24) is 0 Å². The first-order valence-corrected chi connectivity index (χ1v) is 6.84. The van der Waals surface area contributed by atoms with Gasteiger partial charge in [0.05, 0.1) is 6.61 Å². The van der Waals surface area contributed by atoms with E-state index in [9.17, 15) is 4.79 Å². The minimum Gasteiger partial charge on any atom is -0.494 e. The maximum Gasteiger partial charge on any atom is 0.163 e. The fourth-order valence-corrected chi connectivity index (χ4v) is 1.87. The van der Waals surface area contributed by atoms with Crippen molar-refractivity contribution in [2.75, 3.05) is 18.6 Å². The van der Waals surface area contributed by atoms with Gasteiger partial charge in [-0.1, -0.05) is 0 Å². The molecule has 2 nitrogen and oxygen atoms in total. The molecule has 3 heteroatoms. The van der Waals surface area contributed by atoms with E-state index >= 15 is 0 Å². The SMILES string of the molecule is CCOc1ccc(C(=O)CCSC)cc1C. The highest BCUT2D eigenvalue weighted by atomic mass is 32.2. The highest BCUT2D eigenvalue weighted by Crippen LogP contribution is 2.20. The van der Waals surface area contributed by atoms with E-state index in [4.69, 9.17) is 4.74 Å². The van der Waals surface area contributed by atoms with Crippen molar-refractivity contribution in [3.05, 3.63) is 29.3 Å². The molecule has 0 aliphatic carbocycles. The molecule has 0 saturated heterocycles. The normalized spacial score (nSPS) is 10.2. The fraction of sp³-hybridized carbons (Fsp3) is 0.462. The summed E-state index contributed by atoms with van der Waals surface area (Å²) in [6.07, 6.45) is 2.62. The second kappa shape index (κ2) is 6.59. The quantitative estimate of drug-likeness (QED) is 0.711. The van der Waals surface area contributed by atoms with E-state index in [1.165, 1.54) is 0 Å². The second-order valence-electron chi connectivity index (χ2n) is 3.58. The fourth-order valence-electron chi connectivity index (χ4n) is 1.48. The van der Waals surface area contributed by atoms with Gasteiger partial charge in [0.15, 0.2) is 5.78 Å². The van der Waals surface area contributed by atoms with Gasteiger partial charge >= 0.3 is 0 Å². The molecule has 0 amide bonds. The number of ether oxygens (including phenoxy) is 1. The first-order valence-electron chi connectivity index (χ1n) is 5.44. The minimum atomic E-state index is 0.209. The first kappa shape index (κ1) is 13.1. The van der Waals surface area contributed by atoms with Gasteiger partial charge in [0, 0.05) is 17.7 Å². The molecule has 0 aliphatic rings. The van der Waals surface area contributed by atoms with Gasteiger partial charge in [-0.2, -0.15) is 11.8 Å². The predicted molar refractivity (Wildman–Crippen MR) is 69.7 cm³/mol. The van der Waals surface area contributed by atoms with E-state index in [2.05, 4.69) is 0 Å². The van der Waals surface area contributed by atoms with E-state index in [-0.39, 0.29) is 5.78 Å². The van der Waals surface area contributed by atoms with Gasteiger partial charge in [-0.05, 0) is 43.9 Å². The van der Waals surface area contributed by atoms with Gasteiger partial charge in [0.25, 0.3) is 0 Å². The number of hydrogen-bond acceptors (Lipinski definition) is 3. The third-order valence-electron chi connectivity index (χ3n) is 2.33. The summed E-state index contributed by atoms with van der Waals surface area (Å²) in [5, 5.41) is 0. The number of carbonyl (C=O) groups excluding carboxylic acids is 1. The minimum absolute atomic E-state index is 0.209. The van der Waals surface area contributed by atoms with Crippen LogP contribution >= 0.6 is 11.8 Å². The summed E-state index contributed by atoms with van der Waals surface area (Å²) in [5.74, 6) is 1.95. The van der Waals surface area contributed by atoms with Crippen LogP contribution in [0.2, 0.25) is 0 Å². The summed E-state index contributed by atoms with van der Waals surface area (Å²) in [4.78, 5) is 11.8. The van der Waals surface area contributed by atoms with Crippen molar-refractivity contribution < 1.29 is 9.53 Å². The molecular formula is C13H18O2S. The average molecular weight is 238 g/mol. The molecule has 0 fully saturated rings. The summed E-state index contributed by atoms with van der Waals surface area (Å²) in [6.45, 7) is 4.58. The number of aryl methyl sites for hydroxylation is 1. The van der Waals surface area contributed by atoms with Crippen molar-refractivity contribution in [3.63, 3.8) is 0 Å². The monoisotopic (exact) mass is 238 g/mol. The molecule has 0 aromatic heterocycles. The van der Waals surface area contributed by atoms with Gasteiger partial charge < -0.3 is 4.74 Å². The third-order valence-corrected chi connectivity index (χ3v) is 2.94. The van der Waals surface area contributed by atoms with E-state index in [0.29, 0.717) is 13.0 Å². The van der Waals surface area contributed by atoms with Crippen LogP contribution in [0.15, 0.2) is 18.2 Å².